The maximum Gasteiger partial charge on any atom is 0.339 e. The van der Waals surface area contributed by atoms with Crippen LogP contribution in [0, 0.1) is 0 Å². The number of para-hydroxylation sites is 2. The van der Waals surface area contributed by atoms with E-state index < -0.39 is 36.5 Å². The minimum absolute atomic E-state index is 0.0783. The molecule has 2 N–H and O–H groups in total. The Kier molecular flexibility index (Phi) is 15.1. The van der Waals surface area contributed by atoms with Crippen LogP contribution in [0.3, 0.4) is 0 Å². The van der Waals surface area contributed by atoms with Crippen LogP contribution >= 0.6 is 0 Å². The van der Waals surface area contributed by atoms with E-state index >= 15 is 0 Å². The van der Waals surface area contributed by atoms with Crippen molar-refractivity contribution in [1.82, 2.24) is 19.8 Å². The zero-order valence-corrected chi connectivity index (χ0v) is 37.1. The fraction of sp³-hybridized carbons (Fsp3) is 0.478. The van der Waals surface area contributed by atoms with Gasteiger partial charge in [0.15, 0.2) is 5.78 Å². The molecule has 332 valence electrons. The standard InChI is InChI=1S/C23H30N4O3S.C23H29N3O4S/c24-15-23(28)18-9-10-19(25-16-18)17-27(21-5-2-1-3-6-21)31(29,30)22-11-13-26(14-12-22)20-7-4-8-20;1-30-23(27)18-10-11-19(24-16-18)17-26(21-6-3-2-4-7-21)31(28,29)22-12-14-25(15-13-22)20-8-5-9-20/h1-3,5-6,9-10,16,20,22H,4,7-8,11-15,17,24H2;2-4,6-7,10-11,16,20,22H,5,8-9,12-15,17H2,1H3. The summed E-state index contributed by atoms with van der Waals surface area (Å²) in [7, 11) is -5.82. The first-order chi connectivity index (χ1) is 30.0. The van der Waals surface area contributed by atoms with E-state index in [1.807, 2.05) is 60.7 Å². The number of piperidine rings is 2. The largest absolute Gasteiger partial charge is 0.465 e. The van der Waals surface area contributed by atoms with Crippen LogP contribution in [-0.4, -0.2) is 111 Å². The third kappa shape index (κ3) is 10.7. The molecular formula is C46H59N7O7S2. The maximum absolute atomic E-state index is 13.7. The highest BCUT2D eigenvalue weighted by Crippen LogP contribution is 2.34. The molecule has 2 saturated carbocycles. The van der Waals surface area contributed by atoms with Gasteiger partial charge in [0.25, 0.3) is 0 Å². The van der Waals surface area contributed by atoms with Crippen molar-refractivity contribution in [2.75, 3.05) is 48.4 Å². The number of hydrogen-bond acceptors (Lipinski definition) is 12. The predicted octanol–water partition coefficient (Wildman–Crippen LogP) is 5.80. The number of anilines is 2. The zero-order chi connectivity index (χ0) is 43.7. The average molecular weight is 886 g/mol. The summed E-state index contributed by atoms with van der Waals surface area (Å²) < 4.78 is 62.4. The number of hydrogen-bond donors (Lipinski definition) is 1. The molecule has 0 amide bonds. The number of carbonyl (C=O) groups excluding carboxylic acids is 2. The van der Waals surface area contributed by atoms with E-state index in [0.717, 1.165) is 26.2 Å². The third-order valence-corrected chi connectivity index (χ3v) is 17.4. The third-order valence-electron chi connectivity index (χ3n) is 12.9. The number of pyridine rings is 2. The van der Waals surface area contributed by atoms with E-state index in [9.17, 15) is 26.4 Å². The number of esters is 1. The fourth-order valence-corrected chi connectivity index (χ4v) is 12.4. The van der Waals surface area contributed by atoms with Crippen molar-refractivity contribution >= 4 is 43.2 Å². The van der Waals surface area contributed by atoms with E-state index in [1.165, 1.54) is 66.6 Å². The molecular weight excluding hydrogens is 827 g/mol. The number of methoxy groups -OCH3 is 1. The van der Waals surface area contributed by atoms with Gasteiger partial charge >= 0.3 is 5.97 Å². The molecule has 0 spiro atoms. The van der Waals surface area contributed by atoms with E-state index in [1.54, 1.807) is 24.3 Å². The van der Waals surface area contributed by atoms with Crippen molar-refractivity contribution in [1.29, 1.82) is 0 Å². The summed E-state index contributed by atoms with van der Waals surface area (Å²) in [6, 6.07) is 26.3. The van der Waals surface area contributed by atoms with Gasteiger partial charge < -0.3 is 20.3 Å². The van der Waals surface area contributed by atoms with Gasteiger partial charge in [0, 0.05) is 30.0 Å². The molecule has 0 atom stereocenters. The topological polar surface area (TPSA) is 176 Å². The van der Waals surface area contributed by atoms with Crippen molar-refractivity contribution in [3.8, 4) is 0 Å². The number of likely N-dealkylation sites (tertiary alicyclic amines) is 2. The molecule has 2 aromatic carbocycles. The molecule has 8 rings (SSSR count). The Balaban J connectivity index is 0.000000186. The number of rotatable bonds is 15. The second-order valence-corrected chi connectivity index (χ2v) is 20.9. The first-order valence-corrected chi connectivity index (χ1v) is 24.8. The number of sulfonamides is 2. The van der Waals surface area contributed by atoms with E-state index in [4.69, 9.17) is 10.5 Å². The Morgan fingerprint density at radius 1 is 0.613 bits per heavy atom. The number of aromatic nitrogens is 2. The van der Waals surface area contributed by atoms with Gasteiger partial charge in [-0.1, -0.05) is 49.2 Å². The van der Waals surface area contributed by atoms with Crippen molar-refractivity contribution in [3.63, 3.8) is 0 Å². The van der Waals surface area contributed by atoms with Crippen molar-refractivity contribution in [2.24, 2.45) is 5.73 Å². The smallest absolute Gasteiger partial charge is 0.339 e. The highest BCUT2D eigenvalue weighted by atomic mass is 32.2. The van der Waals surface area contributed by atoms with E-state index in [2.05, 4.69) is 19.8 Å². The molecule has 4 aromatic rings. The number of carbonyl (C=O) groups is 2. The Labute approximate surface area is 366 Å². The van der Waals surface area contributed by atoms with Gasteiger partial charge in [-0.15, -0.1) is 0 Å². The molecule has 2 saturated heterocycles. The van der Waals surface area contributed by atoms with Crippen molar-refractivity contribution in [3.05, 3.63) is 120 Å². The van der Waals surface area contributed by atoms with Gasteiger partial charge in [0.05, 0.1) is 65.6 Å². The summed E-state index contributed by atoms with van der Waals surface area (Å²) in [4.78, 5) is 37.0. The Morgan fingerprint density at radius 3 is 1.34 bits per heavy atom. The molecule has 2 aromatic heterocycles. The van der Waals surface area contributed by atoms with Gasteiger partial charge in [0.2, 0.25) is 20.0 Å². The Bertz CT molecular complexity index is 2130. The predicted molar refractivity (Wildman–Crippen MR) is 241 cm³/mol. The van der Waals surface area contributed by atoms with Gasteiger partial charge in [-0.05, 0) is 126 Å². The number of ether oxygens (including phenoxy) is 1. The van der Waals surface area contributed by atoms with Gasteiger partial charge in [-0.3, -0.25) is 23.4 Å². The monoisotopic (exact) mass is 885 g/mol. The van der Waals surface area contributed by atoms with Crippen LogP contribution in [0.15, 0.2) is 97.3 Å². The number of nitrogens with zero attached hydrogens (tertiary/aromatic N) is 6. The molecule has 2 aliphatic heterocycles. The molecule has 0 radical (unpaired) electrons. The lowest BCUT2D eigenvalue weighted by atomic mass is 9.90. The Morgan fingerprint density at radius 2 is 1.02 bits per heavy atom. The first-order valence-electron chi connectivity index (χ1n) is 21.8. The lowest BCUT2D eigenvalue weighted by molar-refractivity contribution is 0.0600. The molecule has 0 unspecified atom stereocenters. The van der Waals surface area contributed by atoms with Crippen LogP contribution in [0.1, 0.15) is 96.3 Å². The highest BCUT2D eigenvalue weighted by molar-refractivity contribution is 7.93. The number of nitrogens with two attached hydrogens (primary N) is 1. The zero-order valence-electron chi connectivity index (χ0n) is 35.5. The summed E-state index contributed by atoms with van der Waals surface area (Å²) in [5, 5.41) is -0.805. The summed E-state index contributed by atoms with van der Waals surface area (Å²) in [5.74, 6) is -0.658. The lowest BCUT2D eigenvalue weighted by Crippen LogP contribution is -2.49. The fourth-order valence-electron chi connectivity index (χ4n) is 8.64. The van der Waals surface area contributed by atoms with E-state index in [-0.39, 0.29) is 25.4 Å². The van der Waals surface area contributed by atoms with Gasteiger partial charge in [-0.25, -0.2) is 21.6 Å². The molecule has 16 heteroatoms. The van der Waals surface area contributed by atoms with Crippen LogP contribution in [0.25, 0.3) is 0 Å². The lowest BCUT2D eigenvalue weighted by Gasteiger charge is -2.42. The maximum atomic E-state index is 13.7. The number of Topliss-reactive ketones (excluding diaryl/α,β-unsaturated/α-hetero) is 1. The van der Waals surface area contributed by atoms with Gasteiger partial charge in [-0.2, -0.15) is 0 Å². The SMILES string of the molecule is COC(=O)c1ccc(CN(c2ccccc2)S(=O)(=O)C2CCN(C3CCC3)CC2)nc1.NCC(=O)c1ccc(CN(c2ccccc2)S(=O)(=O)C2CCN(C3CCC3)CC2)nc1. The highest BCUT2D eigenvalue weighted by Gasteiger charge is 2.39. The molecule has 4 aliphatic rings. The average Bonchev–Trinajstić information content (AvgIpc) is 3.27. The summed E-state index contributed by atoms with van der Waals surface area (Å²) >= 11 is 0. The van der Waals surface area contributed by atoms with Crippen LogP contribution < -0.4 is 14.3 Å². The quantitative estimate of drug-likeness (QED) is 0.112. The minimum Gasteiger partial charge on any atom is -0.465 e. The number of benzene rings is 2. The number of ketones is 1. The normalized spacial score (nSPS) is 18.4. The Hall–Kier alpha value is -4.74. The van der Waals surface area contributed by atoms with Crippen LogP contribution in [-0.2, 0) is 37.9 Å². The molecule has 62 heavy (non-hydrogen) atoms. The molecule has 2 aliphatic carbocycles. The summed E-state index contributed by atoms with van der Waals surface area (Å²) in [6.45, 7) is 3.53. The molecule has 4 heterocycles. The van der Waals surface area contributed by atoms with E-state index in [0.29, 0.717) is 71.7 Å². The summed E-state index contributed by atoms with van der Waals surface area (Å²) in [6.07, 6.45) is 13.0. The summed E-state index contributed by atoms with van der Waals surface area (Å²) in [5.41, 5.74) is 8.61. The first kappa shape index (κ1) is 45.3. The van der Waals surface area contributed by atoms with Crippen LogP contribution in [0.2, 0.25) is 0 Å². The second-order valence-electron chi connectivity index (χ2n) is 16.6. The molecule has 4 fully saturated rings. The van der Waals surface area contributed by atoms with Crippen LogP contribution in [0.5, 0.6) is 0 Å². The second kappa shape index (κ2) is 20.6. The molecule has 0 bridgehead atoms. The van der Waals surface area contributed by atoms with Crippen molar-refractivity contribution in [2.45, 2.75) is 99.9 Å². The minimum atomic E-state index is -3.57. The molecule has 14 nitrogen and oxygen atoms in total. The van der Waals surface area contributed by atoms with Crippen LogP contribution in [0.4, 0.5) is 11.4 Å². The van der Waals surface area contributed by atoms with Gasteiger partial charge in [0.1, 0.15) is 0 Å². The van der Waals surface area contributed by atoms with Crippen molar-refractivity contribution < 1.29 is 31.2 Å².